The molecule has 1 aliphatic heterocycles. The number of halogens is 1. The molecular weight excluding hydrogens is 386 g/mol. The maximum atomic E-state index is 12.0. The molecule has 5 nitrogen and oxygen atoms in total. The minimum Gasteiger partial charge on any atom is -0.466 e. The van der Waals surface area contributed by atoms with Crippen LogP contribution in [0.25, 0.3) is 10.9 Å². The Labute approximate surface area is 175 Å². The molecule has 3 aromatic rings. The summed E-state index contributed by atoms with van der Waals surface area (Å²) < 4.78 is 7.37. The summed E-state index contributed by atoms with van der Waals surface area (Å²) in [7, 11) is 0. The quantitative estimate of drug-likeness (QED) is 0.554. The lowest BCUT2D eigenvalue weighted by molar-refractivity contribution is -0.143. The molecule has 150 valence electrons. The minimum absolute atomic E-state index is 0.165. The van der Waals surface area contributed by atoms with Crippen LogP contribution in [0.4, 0.5) is 5.69 Å². The number of hydrogen-bond donors (Lipinski definition) is 0. The second-order valence-corrected chi connectivity index (χ2v) is 8.51. The molecule has 0 saturated heterocycles. The highest BCUT2D eigenvalue weighted by molar-refractivity contribution is 6.31. The van der Waals surface area contributed by atoms with Crippen LogP contribution in [0.2, 0.25) is 5.02 Å². The smallest absolute Gasteiger partial charge is 0.307 e. The van der Waals surface area contributed by atoms with E-state index in [-0.39, 0.29) is 5.97 Å². The number of rotatable bonds is 6. The van der Waals surface area contributed by atoms with Gasteiger partial charge in [-0.2, -0.15) is 0 Å². The molecule has 1 aliphatic carbocycles. The van der Waals surface area contributed by atoms with Crippen molar-refractivity contribution in [2.75, 3.05) is 18.1 Å². The zero-order chi connectivity index (χ0) is 20.0. The molecule has 0 bridgehead atoms. The number of ether oxygens (including phenoxy) is 1. The summed E-state index contributed by atoms with van der Waals surface area (Å²) in [5.74, 6) is -0.165. The molecule has 2 aliphatic rings. The zero-order valence-corrected chi connectivity index (χ0v) is 17.3. The van der Waals surface area contributed by atoms with Gasteiger partial charge in [0.2, 0.25) is 0 Å². The van der Waals surface area contributed by atoms with E-state index in [2.05, 4.69) is 26.6 Å². The van der Waals surface area contributed by atoms with Gasteiger partial charge in [0.25, 0.3) is 0 Å². The molecule has 1 fully saturated rings. The first-order valence-electron chi connectivity index (χ1n) is 10.2. The van der Waals surface area contributed by atoms with Crippen LogP contribution >= 0.6 is 11.6 Å². The van der Waals surface area contributed by atoms with Crippen LogP contribution in [-0.4, -0.2) is 28.7 Å². The Morgan fingerprint density at radius 1 is 1.28 bits per heavy atom. The molecule has 3 heterocycles. The van der Waals surface area contributed by atoms with Gasteiger partial charge < -0.3 is 14.2 Å². The van der Waals surface area contributed by atoms with Crippen LogP contribution in [-0.2, 0) is 28.0 Å². The van der Waals surface area contributed by atoms with Gasteiger partial charge in [-0.15, -0.1) is 0 Å². The molecule has 1 saturated carbocycles. The van der Waals surface area contributed by atoms with Gasteiger partial charge in [-0.25, -0.2) is 0 Å². The van der Waals surface area contributed by atoms with Gasteiger partial charge in [0.05, 0.1) is 31.5 Å². The summed E-state index contributed by atoms with van der Waals surface area (Å²) in [6.45, 7) is 4.66. The number of pyridine rings is 1. The molecule has 1 aromatic carbocycles. The highest BCUT2D eigenvalue weighted by Gasteiger charge is 2.51. The maximum absolute atomic E-state index is 12.0. The number of carbonyl (C=O) groups excluding carboxylic acids is 1. The number of aromatic nitrogens is 2. The SMILES string of the molecule is CCOC(=O)CCn1c(CN2CC3(CC3)c3ccncc32)cc2cc(Cl)ccc21. The predicted molar refractivity (Wildman–Crippen MR) is 114 cm³/mol. The van der Waals surface area contributed by atoms with E-state index in [0.717, 1.165) is 29.0 Å². The number of hydrogen-bond acceptors (Lipinski definition) is 4. The molecule has 6 heteroatoms. The highest BCUT2D eigenvalue weighted by atomic mass is 35.5. The third-order valence-corrected chi connectivity index (χ3v) is 6.44. The molecule has 0 atom stereocenters. The van der Waals surface area contributed by atoms with Gasteiger partial charge in [0.1, 0.15) is 0 Å². The van der Waals surface area contributed by atoms with E-state index >= 15 is 0 Å². The van der Waals surface area contributed by atoms with Gasteiger partial charge in [0.15, 0.2) is 0 Å². The summed E-state index contributed by atoms with van der Waals surface area (Å²) in [6, 6.07) is 10.3. The van der Waals surface area contributed by atoms with Crippen molar-refractivity contribution in [1.82, 2.24) is 9.55 Å². The Morgan fingerprint density at radius 3 is 2.93 bits per heavy atom. The van der Waals surface area contributed by atoms with Crippen LogP contribution in [0.3, 0.4) is 0 Å². The topological polar surface area (TPSA) is 47.4 Å². The number of nitrogens with zero attached hydrogens (tertiary/aromatic N) is 3. The Balaban J connectivity index is 1.48. The van der Waals surface area contributed by atoms with Crippen LogP contribution in [0.5, 0.6) is 0 Å². The largest absolute Gasteiger partial charge is 0.466 e. The molecule has 2 aromatic heterocycles. The van der Waals surface area contributed by atoms with Crippen molar-refractivity contribution in [1.29, 1.82) is 0 Å². The second-order valence-electron chi connectivity index (χ2n) is 8.07. The summed E-state index contributed by atoms with van der Waals surface area (Å²) >= 11 is 6.23. The van der Waals surface area contributed by atoms with Crippen molar-refractivity contribution >= 4 is 34.2 Å². The van der Waals surface area contributed by atoms with Crippen LogP contribution in [0, 0.1) is 0 Å². The monoisotopic (exact) mass is 409 g/mol. The van der Waals surface area contributed by atoms with E-state index < -0.39 is 0 Å². The van der Waals surface area contributed by atoms with Crippen LogP contribution < -0.4 is 4.90 Å². The fourth-order valence-corrected chi connectivity index (χ4v) is 4.85. The van der Waals surface area contributed by atoms with Gasteiger partial charge in [-0.3, -0.25) is 9.78 Å². The third-order valence-electron chi connectivity index (χ3n) is 6.21. The van der Waals surface area contributed by atoms with Crippen molar-refractivity contribution in [3.05, 3.63) is 59.0 Å². The number of carbonyl (C=O) groups is 1. The summed E-state index contributed by atoms with van der Waals surface area (Å²) in [5, 5.41) is 1.82. The number of benzene rings is 1. The molecule has 5 rings (SSSR count). The Kier molecular flexibility index (Phi) is 4.50. The van der Waals surface area contributed by atoms with Crippen molar-refractivity contribution in [2.24, 2.45) is 0 Å². The lowest BCUT2D eigenvalue weighted by atomic mass is 10.0. The number of fused-ring (bicyclic) bond motifs is 3. The van der Waals surface area contributed by atoms with E-state index in [1.54, 1.807) is 0 Å². The fraction of sp³-hybridized carbons (Fsp3) is 0.391. The van der Waals surface area contributed by atoms with Gasteiger partial charge in [-0.1, -0.05) is 11.6 Å². The average molecular weight is 410 g/mol. The predicted octanol–water partition coefficient (Wildman–Crippen LogP) is 4.69. The van der Waals surface area contributed by atoms with E-state index in [1.165, 1.54) is 29.8 Å². The van der Waals surface area contributed by atoms with E-state index in [4.69, 9.17) is 16.3 Å². The molecular formula is C23H24ClN3O2. The third kappa shape index (κ3) is 3.27. The second kappa shape index (κ2) is 7.06. The van der Waals surface area contributed by atoms with Crippen molar-refractivity contribution in [3.63, 3.8) is 0 Å². The Hall–Kier alpha value is -2.53. The standard InChI is InChI=1S/C23H24ClN3O2/c1-2-29-22(28)6-10-27-18(12-16-11-17(24)3-4-20(16)27)14-26-15-23(7-8-23)19-5-9-25-13-21(19)26/h3-5,9,11-13H,2,6-8,10,14-15H2,1H3. The number of anilines is 1. The maximum Gasteiger partial charge on any atom is 0.307 e. The Bertz CT molecular complexity index is 1090. The highest BCUT2D eigenvalue weighted by Crippen LogP contribution is 2.56. The van der Waals surface area contributed by atoms with E-state index in [0.29, 0.717) is 25.0 Å². The molecule has 1 spiro atoms. The average Bonchev–Trinajstić information content (AvgIpc) is 3.32. The van der Waals surface area contributed by atoms with Crippen molar-refractivity contribution in [2.45, 2.75) is 44.7 Å². The molecule has 0 unspecified atom stereocenters. The van der Waals surface area contributed by atoms with Gasteiger partial charge >= 0.3 is 5.97 Å². The first-order chi connectivity index (χ1) is 14.1. The van der Waals surface area contributed by atoms with Crippen LogP contribution in [0.15, 0.2) is 42.7 Å². The zero-order valence-electron chi connectivity index (χ0n) is 16.5. The van der Waals surface area contributed by atoms with E-state index in [9.17, 15) is 4.79 Å². The first-order valence-corrected chi connectivity index (χ1v) is 10.6. The van der Waals surface area contributed by atoms with Crippen molar-refractivity contribution in [3.8, 4) is 0 Å². The van der Waals surface area contributed by atoms with E-state index in [1.807, 2.05) is 37.5 Å². The van der Waals surface area contributed by atoms with Gasteiger partial charge in [-0.05, 0) is 55.7 Å². The number of aryl methyl sites for hydroxylation is 1. The summed E-state index contributed by atoms with van der Waals surface area (Å²) in [5.41, 5.74) is 5.28. The lowest BCUT2D eigenvalue weighted by Crippen LogP contribution is -2.25. The molecule has 0 amide bonds. The minimum atomic E-state index is -0.165. The normalized spacial score (nSPS) is 16.4. The summed E-state index contributed by atoms with van der Waals surface area (Å²) in [6.07, 6.45) is 6.75. The molecule has 29 heavy (non-hydrogen) atoms. The molecule has 0 radical (unpaired) electrons. The van der Waals surface area contributed by atoms with Crippen molar-refractivity contribution < 1.29 is 9.53 Å². The lowest BCUT2D eigenvalue weighted by Gasteiger charge is -2.21. The first kappa shape index (κ1) is 18.5. The number of esters is 1. The fourth-order valence-electron chi connectivity index (χ4n) is 4.67. The van der Waals surface area contributed by atoms with Crippen LogP contribution in [0.1, 0.15) is 37.4 Å². The Morgan fingerprint density at radius 2 is 2.14 bits per heavy atom. The van der Waals surface area contributed by atoms with Gasteiger partial charge in [0, 0.05) is 46.3 Å². The molecule has 0 N–H and O–H groups in total. The summed E-state index contributed by atoms with van der Waals surface area (Å²) in [4.78, 5) is 18.8.